The van der Waals surface area contributed by atoms with E-state index in [0.29, 0.717) is 25.4 Å². The Hall–Kier alpha value is -2.56. The van der Waals surface area contributed by atoms with Gasteiger partial charge in [-0.1, -0.05) is 38.1 Å². The van der Waals surface area contributed by atoms with Crippen LogP contribution in [-0.4, -0.2) is 38.6 Å². The molecule has 2 saturated heterocycles. The van der Waals surface area contributed by atoms with Crippen LogP contribution < -0.4 is 9.47 Å². The molecule has 0 N–H and O–H groups in total. The van der Waals surface area contributed by atoms with Crippen molar-refractivity contribution in [1.29, 1.82) is 0 Å². The van der Waals surface area contributed by atoms with Crippen LogP contribution >= 0.6 is 0 Å². The number of hydrogen-bond donors (Lipinski definition) is 0. The maximum atomic E-state index is 6.01. The van der Waals surface area contributed by atoms with E-state index < -0.39 is 0 Å². The summed E-state index contributed by atoms with van der Waals surface area (Å²) in [4.78, 5) is 0. The largest absolute Gasteiger partial charge is 0.491 e. The van der Waals surface area contributed by atoms with Crippen LogP contribution in [0, 0.1) is 11.8 Å². The van der Waals surface area contributed by atoms with E-state index in [1.165, 1.54) is 71.9 Å². The normalized spacial score (nSPS) is 26.4. The molecule has 202 valence electrons. The van der Waals surface area contributed by atoms with E-state index in [1.54, 1.807) is 0 Å². The van der Waals surface area contributed by atoms with E-state index in [0.717, 1.165) is 49.4 Å². The van der Waals surface area contributed by atoms with E-state index in [-0.39, 0.29) is 0 Å². The molecule has 2 heterocycles. The first kappa shape index (κ1) is 25.7. The lowest BCUT2D eigenvalue weighted by atomic mass is 9.73. The number of aryl methyl sites for hydroxylation is 2. The van der Waals surface area contributed by atoms with Crippen LogP contribution in [0.1, 0.15) is 74.6 Å². The average Bonchev–Trinajstić information content (AvgIpc) is 3.91. The Balaban J connectivity index is 1.05. The highest BCUT2D eigenvalue weighted by atomic mass is 16.6. The van der Waals surface area contributed by atoms with E-state index in [9.17, 15) is 0 Å². The molecule has 0 bridgehead atoms. The molecule has 4 nitrogen and oxygen atoms in total. The first-order valence-corrected chi connectivity index (χ1v) is 14.8. The molecule has 4 atom stereocenters. The predicted octanol–water partition coefficient (Wildman–Crippen LogP) is 7.43. The highest BCUT2D eigenvalue weighted by Gasteiger charge is 2.27. The second kappa shape index (κ2) is 11.7. The third kappa shape index (κ3) is 6.18. The lowest BCUT2D eigenvalue weighted by Gasteiger charge is -2.32. The number of epoxide rings is 2. The number of allylic oxidation sites excluding steroid dienone is 4. The molecule has 2 aromatic rings. The van der Waals surface area contributed by atoms with Gasteiger partial charge >= 0.3 is 0 Å². The Morgan fingerprint density at radius 3 is 1.47 bits per heavy atom. The zero-order valence-electron chi connectivity index (χ0n) is 23.0. The number of rotatable bonds is 11. The fraction of sp³-hybridized carbons (Fsp3) is 0.529. The maximum absolute atomic E-state index is 6.01. The zero-order chi connectivity index (χ0) is 25.9. The zero-order valence-corrected chi connectivity index (χ0v) is 23.0. The topological polar surface area (TPSA) is 43.5 Å². The molecule has 0 spiro atoms. The molecule has 2 aromatic carbocycles. The summed E-state index contributed by atoms with van der Waals surface area (Å²) >= 11 is 0. The SMILES string of the molecule is CCc1cc(C2=CCC(C3CC=C(c4ccc(OCC5CO5)c(CC)c4)CC3)CC2)ccc1OCC1CO1. The van der Waals surface area contributed by atoms with Crippen molar-refractivity contribution in [2.75, 3.05) is 26.4 Å². The summed E-state index contributed by atoms with van der Waals surface area (Å²) in [5.41, 5.74) is 8.40. The van der Waals surface area contributed by atoms with Crippen molar-refractivity contribution in [2.45, 2.75) is 77.4 Å². The molecule has 0 amide bonds. The molecule has 4 aliphatic rings. The van der Waals surface area contributed by atoms with Crippen molar-refractivity contribution in [3.8, 4) is 11.5 Å². The van der Waals surface area contributed by atoms with Crippen molar-refractivity contribution in [2.24, 2.45) is 11.8 Å². The van der Waals surface area contributed by atoms with Crippen molar-refractivity contribution >= 4 is 11.1 Å². The lowest BCUT2D eigenvalue weighted by molar-refractivity contribution is 0.261. The van der Waals surface area contributed by atoms with Crippen molar-refractivity contribution in [3.63, 3.8) is 0 Å². The lowest BCUT2D eigenvalue weighted by Crippen LogP contribution is -2.19. The fourth-order valence-electron chi connectivity index (χ4n) is 6.18. The Labute approximate surface area is 228 Å². The minimum Gasteiger partial charge on any atom is -0.491 e. The molecule has 0 aromatic heterocycles. The summed E-state index contributed by atoms with van der Waals surface area (Å²) in [6.07, 6.45) is 15.0. The van der Waals surface area contributed by atoms with Crippen LogP contribution in [0.2, 0.25) is 0 Å². The third-order valence-electron chi connectivity index (χ3n) is 8.85. The Kier molecular flexibility index (Phi) is 7.90. The van der Waals surface area contributed by atoms with E-state index >= 15 is 0 Å². The van der Waals surface area contributed by atoms with Gasteiger partial charge in [-0.25, -0.2) is 0 Å². The van der Waals surface area contributed by atoms with Gasteiger partial charge in [-0.05, 0) is 121 Å². The van der Waals surface area contributed by atoms with Crippen molar-refractivity contribution < 1.29 is 18.9 Å². The summed E-state index contributed by atoms with van der Waals surface area (Å²) in [5.74, 6) is 3.64. The summed E-state index contributed by atoms with van der Waals surface area (Å²) in [6.45, 7) is 7.45. The van der Waals surface area contributed by atoms with Crippen LogP contribution in [0.3, 0.4) is 0 Å². The van der Waals surface area contributed by atoms with Gasteiger partial charge in [0, 0.05) is 0 Å². The average molecular weight is 515 g/mol. The highest BCUT2D eigenvalue weighted by Crippen LogP contribution is 2.42. The maximum Gasteiger partial charge on any atom is 0.122 e. The van der Waals surface area contributed by atoms with Gasteiger partial charge in [0.2, 0.25) is 0 Å². The van der Waals surface area contributed by atoms with Crippen LogP contribution in [0.15, 0.2) is 48.6 Å². The minimum atomic E-state index is 0.296. The standard InChI is InChI=1S/C34H42O4/c1-3-23-17-29(13-15-33(23)37-21-31-19-35-31)27-9-5-25(6-10-27)26-7-11-28(12-8-26)30-14-16-34(24(4-2)18-30)38-22-32-20-36-32/h9,11,13-18,25-26,31-32H,3-8,10,12,19-22H2,1-2H3. The van der Waals surface area contributed by atoms with Gasteiger partial charge in [-0.3, -0.25) is 0 Å². The van der Waals surface area contributed by atoms with Gasteiger partial charge in [-0.2, -0.15) is 0 Å². The van der Waals surface area contributed by atoms with Gasteiger partial charge in [-0.15, -0.1) is 0 Å². The molecule has 4 unspecified atom stereocenters. The van der Waals surface area contributed by atoms with Gasteiger partial charge < -0.3 is 18.9 Å². The fourth-order valence-corrected chi connectivity index (χ4v) is 6.18. The first-order chi connectivity index (χ1) is 18.7. The molecular formula is C34H42O4. The quantitative estimate of drug-likeness (QED) is 0.292. The van der Waals surface area contributed by atoms with E-state index in [2.05, 4.69) is 62.4 Å². The first-order valence-electron chi connectivity index (χ1n) is 14.8. The second-order valence-electron chi connectivity index (χ2n) is 11.4. The van der Waals surface area contributed by atoms with E-state index in [1.807, 2.05) is 0 Å². The number of benzene rings is 2. The van der Waals surface area contributed by atoms with Gasteiger partial charge in [0.05, 0.1) is 13.2 Å². The molecule has 4 heteroatoms. The number of hydrogen-bond acceptors (Lipinski definition) is 4. The highest BCUT2D eigenvalue weighted by molar-refractivity contribution is 5.69. The van der Waals surface area contributed by atoms with E-state index in [4.69, 9.17) is 18.9 Å². The summed E-state index contributed by atoms with van der Waals surface area (Å²) in [6, 6.07) is 13.5. The van der Waals surface area contributed by atoms with Crippen LogP contribution in [0.25, 0.3) is 11.1 Å². The monoisotopic (exact) mass is 514 g/mol. The molecular weight excluding hydrogens is 472 g/mol. The summed E-state index contributed by atoms with van der Waals surface area (Å²) in [7, 11) is 0. The Morgan fingerprint density at radius 1 is 0.684 bits per heavy atom. The number of ether oxygens (including phenoxy) is 4. The van der Waals surface area contributed by atoms with Gasteiger partial charge in [0.25, 0.3) is 0 Å². The molecule has 0 radical (unpaired) electrons. The molecule has 0 saturated carbocycles. The van der Waals surface area contributed by atoms with Crippen LogP contribution in [0.5, 0.6) is 11.5 Å². The molecule has 38 heavy (non-hydrogen) atoms. The molecule has 6 rings (SSSR count). The molecule has 2 aliphatic carbocycles. The second-order valence-corrected chi connectivity index (χ2v) is 11.4. The van der Waals surface area contributed by atoms with Crippen molar-refractivity contribution in [3.05, 3.63) is 70.8 Å². The summed E-state index contributed by atoms with van der Waals surface area (Å²) in [5, 5.41) is 0. The third-order valence-corrected chi connectivity index (χ3v) is 8.85. The van der Waals surface area contributed by atoms with Crippen LogP contribution in [0.4, 0.5) is 0 Å². The molecule has 2 fully saturated rings. The minimum absolute atomic E-state index is 0.296. The van der Waals surface area contributed by atoms with Gasteiger partial charge in [0.1, 0.15) is 36.9 Å². The molecule has 2 aliphatic heterocycles. The Morgan fingerprint density at radius 2 is 1.13 bits per heavy atom. The summed E-state index contributed by atoms with van der Waals surface area (Å²) < 4.78 is 22.6. The Bertz CT molecular complexity index is 1090. The predicted molar refractivity (Wildman–Crippen MR) is 153 cm³/mol. The van der Waals surface area contributed by atoms with Crippen LogP contribution in [-0.2, 0) is 22.3 Å². The smallest absolute Gasteiger partial charge is 0.122 e. The van der Waals surface area contributed by atoms with Crippen molar-refractivity contribution in [1.82, 2.24) is 0 Å². The van der Waals surface area contributed by atoms with Gasteiger partial charge in [0.15, 0.2) is 0 Å².